The SMILES string of the molecule is [2H]C([2H])([2H])c1ccc(B2C(C)=Cc3oc4nc(C)ccc4c3N2C)[n+](C)c1. The number of hydrogen-bond acceptors (Lipinski definition) is 3. The normalized spacial score (nSPS) is 16.5. The highest BCUT2D eigenvalue weighted by atomic mass is 16.3. The predicted octanol–water partition coefficient (Wildman–Crippen LogP) is 2.56. The van der Waals surface area contributed by atoms with E-state index in [1.807, 2.05) is 43.8 Å². The first kappa shape index (κ1) is 11.9. The van der Waals surface area contributed by atoms with E-state index < -0.39 is 6.85 Å². The molecule has 0 bridgehead atoms. The van der Waals surface area contributed by atoms with E-state index in [0.717, 1.165) is 33.6 Å². The van der Waals surface area contributed by atoms with E-state index in [4.69, 9.17) is 8.53 Å². The summed E-state index contributed by atoms with van der Waals surface area (Å²) in [5, 5.41) is 0.980. The summed E-state index contributed by atoms with van der Waals surface area (Å²) >= 11 is 0. The highest BCUT2D eigenvalue weighted by Crippen LogP contribution is 2.38. The van der Waals surface area contributed by atoms with Crippen LogP contribution in [0, 0.1) is 13.8 Å². The maximum Gasteiger partial charge on any atom is 0.399 e. The third-order valence-corrected chi connectivity index (χ3v) is 4.68. The molecule has 0 radical (unpaired) electrons. The standard InChI is InChI=1S/C19H21BN3O/c1-12-6-9-17(22(4)11-12)20-13(2)10-16-18(23(20)5)15-8-7-14(3)21-19(15)24-16/h6-11H,1-5H3/q+1/i1D3. The van der Waals surface area contributed by atoms with Gasteiger partial charge >= 0.3 is 6.85 Å². The van der Waals surface area contributed by atoms with Gasteiger partial charge in [0.2, 0.25) is 5.71 Å². The third-order valence-electron chi connectivity index (χ3n) is 4.68. The fraction of sp³-hybridized carbons (Fsp3) is 0.263. The van der Waals surface area contributed by atoms with Crippen molar-refractivity contribution in [2.45, 2.75) is 20.7 Å². The van der Waals surface area contributed by atoms with Crippen LogP contribution in [0.1, 0.15) is 28.1 Å². The highest BCUT2D eigenvalue weighted by Gasteiger charge is 2.38. The molecule has 0 aliphatic carbocycles. The molecule has 0 saturated carbocycles. The minimum Gasteiger partial charge on any atom is -0.436 e. The molecule has 24 heavy (non-hydrogen) atoms. The average Bonchev–Trinajstić information content (AvgIpc) is 2.92. The molecule has 0 unspecified atom stereocenters. The Kier molecular flexibility index (Phi) is 2.59. The van der Waals surface area contributed by atoms with Crippen LogP contribution in [0.3, 0.4) is 0 Å². The number of fused-ring (bicyclic) bond motifs is 3. The summed E-state index contributed by atoms with van der Waals surface area (Å²) < 4.78 is 30.8. The van der Waals surface area contributed by atoms with Crippen molar-refractivity contribution in [3.63, 3.8) is 0 Å². The van der Waals surface area contributed by atoms with Crippen LogP contribution in [-0.4, -0.2) is 18.9 Å². The molecular formula is C19H21BN3O+. The Labute approximate surface area is 146 Å². The molecule has 4 rings (SSSR count). The lowest BCUT2D eigenvalue weighted by molar-refractivity contribution is -0.654. The molecular weight excluding hydrogens is 297 g/mol. The van der Waals surface area contributed by atoms with Crippen LogP contribution >= 0.6 is 0 Å². The summed E-state index contributed by atoms with van der Waals surface area (Å²) in [5.41, 5.74) is 5.03. The van der Waals surface area contributed by atoms with Crippen molar-refractivity contribution in [3.8, 4) is 0 Å². The Hall–Kier alpha value is -2.56. The fourth-order valence-corrected chi connectivity index (χ4v) is 3.59. The Morgan fingerprint density at radius 1 is 1.25 bits per heavy atom. The summed E-state index contributed by atoms with van der Waals surface area (Å²) in [7, 11) is 3.92. The molecule has 0 N–H and O–H groups in total. The summed E-state index contributed by atoms with van der Waals surface area (Å²) in [5.74, 6) is 0.807. The van der Waals surface area contributed by atoms with Crippen LogP contribution in [-0.2, 0) is 7.05 Å². The molecule has 0 saturated heterocycles. The number of allylic oxidation sites excluding steroid dienone is 1. The van der Waals surface area contributed by atoms with Crippen LogP contribution in [0.15, 0.2) is 40.4 Å². The summed E-state index contributed by atoms with van der Waals surface area (Å²) in [6, 6.07) is 7.62. The van der Waals surface area contributed by atoms with Crippen LogP contribution in [0.4, 0.5) is 5.69 Å². The van der Waals surface area contributed by atoms with Gasteiger partial charge in [0.05, 0.1) is 11.1 Å². The second-order valence-electron chi connectivity index (χ2n) is 6.48. The lowest BCUT2D eigenvalue weighted by atomic mass is 9.49. The summed E-state index contributed by atoms with van der Waals surface area (Å²) in [4.78, 5) is 6.68. The van der Waals surface area contributed by atoms with E-state index in [2.05, 4.69) is 22.8 Å². The first-order valence-corrected chi connectivity index (χ1v) is 7.98. The maximum absolute atomic E-state index is 7.63. The van der Waals surface area contributed by atoms with E-state index in [1.54, 1.807) is 12.3 Å². The van der Waals surface area contributed by atoms with Crippen molar-refractivity contribution >= 4 is 35.3 Å². The zero-order valence-corrected chi connectivity index (χ0v) is 14.3. The topological polar surface area (TPSA) is 33.2 Å². The Morgan fingerprint density at radius 2 is 2.08 bits per heavy atom. The number of pyridine rings is 2. The molecule has 0 aromatic carbocycles. The number of hydrogen-bond donors (Lipinski definition) is 0. The Morgan fingerprint density at radius 3 is 2.83 bits per heavy atom. The van der Waals surface area contributed by atoms with Gasteiger partial charge in [0.15, 0.2) is 17.6 Å². The van der Waals surface area contributed by atoms with Gasteiger partial charge in [-0.2, -0.15) is 0 Å². The molecule has 1 aliphatic heterocycles. The Balaban J connectivity index is 1.84. The molecule has 0 fully saturated rings. The largest absolute Gasteiger partial charge is 0.436 e. The maximum atomic E-state index is 7.63. The zero-order valence-electron chi connectivity index (χ0n) is 17.3. The summed E-state index contributed by atoms with van der Waals surface area (Å²) in [6.07, 6.45) is 3.74. The van der Waals surface area contributed by atoms with Crippen molar-refractivity contribution in [2.75, 3.05) is 11.9 Å². The fourth-order valence-electron chi connectivity index (χ4n) is 3.59. The third kappa shape index (κ3) is 2.15. The van der Waals surface area contributed by atoms with Gasteiger partial charge in [-0.25, -0.2) is 9.55 Å². The molecule has 0 spiro atoms. The quantitative estimate of drug-likeness (QED) is 0.510. The van der Waals surface area contributed by atoms with E-state index >= 15 is 0 Å². The molecule has 4 heterocycles. The lowest BCUT2D eigenvalue weighted by Crippen LogP contribution is -2.62. The van der Waals surface area contributed by atoms with Gasteiger partial charge < -0.3 is 9.23 Å². The van der Waals surface area contributed by atoms with Gasteiger partial charge in [0, 0.05) is 15.4 Å². The average molecular weight is 321 g/mol. The van der Waals surface area contributed by atoms with E-state index in [1.165, 1.54) is 0 Å². The second-order valence-corrected chi connectivity index (χ2v) is 6.48. The van der Waals surface area contributed by atoms with E-state index in [-0.39, 0.29) is 6.85 Å². The summed E-state index contributed by atoms with van der Waals surface area (Å²) in [6.45, 7) is 1.88. The molecule has 120 valence electrons. The van der Waals surface area contributed by atoms with Crippen molar-refractivity contribution in [1.82, 2.24) is 4.98 Å². The highest BCUT2D eigenvalue weighted by molar-refractivity contribution is 6.82. The number of aromatic nitrogens is 2. The number of aryl methyl sites for hydroxylation is 3. The molecule has 0 atom stereocenters. The van der Waals surface area contributed by atoms with Gasteiger partial charge in [-0.3, -0.25) is 0 Å². The van der Waals surface area contributed by atoms with Gasteiger partial charge in [-0.05, 0) is 58.1 Å². The molecule has 1 aliphatic rings. The van der Waals surface area contributed by atoms with Crippen molar-refractivity contribution in [3.05, 3.63) is 53.0 Å². The van der Waals surface area contributed by atoms with Crippen molar-refractivity contribution in [1.29, 1.82) is 0 Å². The van der Waals surface area contributed by atoms with Gasteiger partial charge in [0.1, 0.15) is 7.05 Å². The number of nitrogens with zero attached hydrogens (tertiary/aromatic N) is 3. The predicted molar refractivity (Wildman–Crippen MR) is 98.5 cm³/mol. The molecule has 4 nitrogen and oxygen atoms in total. The zero-order chi connectivity index (χ0) is 19.5. The monoisotopic (exact) mass is 321 g/mol. The van der Waals surface area contributed by atoms with E-state index in [9.17, 15) is 0 Å². The van der Waals surface area contributed by atoms with Gasteiger partial charge in [0.25, 0.3) is 0 Å². The molecule has 5 heteroatoms. The van der Waals surface area contributed by atoms with Gasteiger partial charge in [-0.15, -0.1) is 0 Å². The molecule has 3 aromatic rings. The number of furan rings is 1. The number of rotatable bonds is 1. The molecule has 0 amide bonds. The van der Waals surface area contributed by atoms with Crippen LogP contribution in [0.2, 0.25) is 0 Å². The van der Waals surface area contributed by atoms with Crippen molar-refractivity contribution in [2.24, 2.45) is 7.05 Å². The molecule has 3 aromatic heterocycles. The first-order chi connectivity index (χ1) is 12.7. The van der Waals surface area contributed by atoms with Crippen LogP contribution in [0.5, 0.6) is 0 Å². The Bertz CT molecular complexity index is 1090. The minimum absolute atomic E-state index is 0.0183. The van der Waals surface area contributed by atoms with Crippen LogP contribution in [0.25, 0.3) is 17.2 Å². The minimum atomic E-state index is -2.11. The first-order valence-electron chi connectivity index (χ1n) is 9.48. The van der Waals surface area contributed by atoms with Crippen molar-refractivity contribution < 1.29 is 13.1 Å². The van der Waals surface area contributed by atoms with E-state index in [0.29, 0.717) is 11.3 Å². The lowest BCUT2D eigenvalue weighted by Gasteiger charge is -2.29. The smallest absolute Gasteiger partial charge is 0.399 e. The second kappa shape index (κ2) is 5.23. The van der Waals surface area contributed by atoms with Crippen LogP contribution < -0.4 is 15.0 Å². The number of anilines is 1. The van der Waals surface area contributed by atoms with Gasteiger partial charge in [-0.1, -0.05) is 5.47 Å².